The average molecular weight is 411 g/mol. The Morgan fingerprint density at radius 3 is 2.40 bits per heavy atom. The van der Waals surface area contributed by atoms with Crippen molar-refractivity contribution in [3.05, 3.63) is 52.7 Å². The number of methoxy groups -OCH3 is 2. The van der Waals surface area contributed by atoms with E-state index in [4.69, 9.17) is 23.4 Å². The summed E-state index contributed by atoms with van der Waals surface area (Å²) < 4.78 is 28.0. The van der Waals surface area contributed by atoms with Crippen LogP contribution in [0.2, 0.25) is 0 Å². The van der Waals surface area contributed by atoms with Crippen LogP contribution in [0.15, 0.2) is 51.7 Å². The number of nitrogens with zero attached hydrogens (tertiary/aromatic N) is 1. The van der Waals surface area contributed by atoms with E-state index in [1.54, 1.807) is 26.4 Å². The van der Waals surface area contributed by atoms with Crippen molar-refractivity contribution >= 4 is 11.0 Å². The summed E-state index contributed by atoms with van der Waals surface area (Å²) in [6, 6.07) is 12.3. The summed E-state index contributed by atoms with van der Waals surface area (Å²) in [4.78, 5) is 15.2. The van der Waals surface area contributed by atoms with Crippen LogP contribution in [0.4, 0.5) is 0 Å². The molecule has 0 bridgehead atoms. The Morgan fingerprint density at radius 2 is 1.70 bits per heavy atom. The van der Waals surface area contributed by atoms with Crippen molar-refractivity contribution in [2.45, 2.75) is 0 Å². The van der Waals surface area contributed by atoms with E-state index in [0.29, 0.717) is 34.8 Å². The summed E-state index contributed by atoms with van der Waals surface area (Å²) in [5, 5.41) is 0.412. The van der Waals surface area contributed by atoms with E-state index in [9.17, 15) is 4.79 Å². The number of rotatable bonds is 7. The van der Waals surface area contributed by atoms with Crippen LogP contribution in [0.3, 0.4) is 0 Å². The minimum Gasteiger partial charge on any atom is -0.497 e. The number of morpholine rings is 1. The molecule has 2 aromatic carbocycles. The number of benzene rings is 2. The first-order chi connectivity index (χ1) is 14.7. The van der Waals surface area contributed by atoms with Crippen molar-refractivity contribution in [1.82, 2.24) is 4.90 Å². The SMILES string of the molecule is COc1ccc(-c2cc(=O)c3c(OCCN4CCOCC4)cc(OC)cc3o2)cc1. The van der Waals surface area contributed by atoms with Crippen molar-refractivity contribution in [2.24, 2.45) is 0 Å². The summed E-state index contributed by atoms with van der Waals surface area (Å²) in [5.41, 5.74) is 1.05. The molecule has 7 heteroatoms. The molecule has 1 fully saturated rings. The number of ether oxygens (including phenoxy) is 4. The Balaban J connectivity index is 1.63. The van der Waals surface area contributed by atoms with Gasteiger partial charge in [0.05, 0.1) is 27.4 Å². The maximum atomic E-state index is 12.9. The first-order valence-electron chi connectivity index (χ1n) is 9.91. The molecule has 158 valence electrons. The van der Waals surface area contributed by atoms with Gasteiger partial charge in [0.15, 0.2) is 5.43 Å². The lowest BCUT2D eigenvalue weighted by Gasteiger charge is -2.26. The topological polar surface area (TPSA) is 70.4 Å². The first-order valence-corrected chi connectivity index (χ1v) is 9.91. The van der Waals surface area contributed by atoms with Crippen LogP contribution in [0, 0.1) is 0 Å². The zero-order valence-corrected chi connectivity index (χ0v) is 17.2. The summed E-state index contributed by atoms with van der Waals surface area (Å²) in [6.07, 6.45) is 0. The first kappa shape index (κ1) is 20.3. The predicted octanol–water partition coefficient (Wildman–Crippen LogP) is 3.19. The van der Waals surface area contributed by atoms with Crippen LogP contribution < -0.4 is 19.6 Å². The van der Waals surface area contributed by atoms with E-state index in [1.807, 2.05) is 24.3 Å². The molecule has 2 heterocycles. The van der Waals surface area contributed by atoms with Gasteiger partial charge in [0.2, 0.25) is 0 Å². The molecule has 0 amide bonds. The smallest absolute Gasteiger partial charge is 0.197 e. The van der Waals surface area contributed by atoms with Crippen LogP contribution >= 0.6 is 0 Å². The highest BCUT2D eigenvalue weighted by Crippen LogP contribution is 2.32. The van der Waals surface area contributed by atoms with Gasteiger partial charge < -0.3 is 23.4 Å². The third kappa shape index (κ3) is 4.42. The van der Waals surface area contributed by atoms with Crippen LogP contribution in [0.5, 0.6) is 17.2 Å². The van der Waals surface area contributed by atoms with E-state index in [0.717, 1.165) is 44.2 Å². The van der Waals surface area contributed by atoms with Crippen LogP contribution in [0.25, 0.3) is 22.3 Å². The average Bonchev–Trinajstić information content (AvgIpc) is 2.79. The van der Waals surface area contributed by atoms with Crippen LogP contribution in [-0.4, -0.2) is 58.6 Å². The van der Waals surface area contributed by atoms with E-state index in [-0.39, 0.29) is 5.43 Å². The molecule has 0 unspecified atom stereocenters. The molecule has 1 aromatic heterocycles. The third-order valence-electron chi connectivity index (χ3n) is 5.15. The van der Waals surface area contributed by atoms with Gasteiger partial charge in [0, 0.05) is 43.4 Å². The van der Waals surface area contributed by atoms with Crippen molar-refractivity contribution in [1.29, 1.82) is 0 Å². The Kier molecular flexibility index (Phi) is 6.21. The largest absolute Gasteiger partial charge is 0.497 e. The summed E-state index contributed by atoms with van der Waals surface area (Å²) in [6.45, 7) is 4.46. The number of hydrogen-bond donors (Lipinski definition) is 0. The lowest BCUT2D eigenvalue weighted by molar-refractivity contribution is 0.0323. The third-order valence-corrected chi connectivity index (χ3v) is 5.15. The second-order valence-corrected chi connectivity index (χ2v) is 7.00. The minimum atomic E-state index is -0.161. The lowest BCUT2D eigenvalue weighted by Crippen LogP contribution is -2.38. The maximum Gasteiger partial charge on any atom is 0.197 e. The second kappa shape index (κ2) is 9.19. The highest BCUT2D eigenvalue weighted by atomic mass is 16.5. The molecule has 0 aliphatic carbocycles. The zero-order chi connectivity index (χ0) is 20.9. The zero-order valence-electron chi connectivity index (χ0n) is 17.2. The standard InChI is InChI=1S/C23H25NO6/c1-26-17-5-3-16(4-6-17)20-15-19(25)23-21(13-18(27-2)14-22(23)30-20)29-12-9-24-7-10-28-11-8-24/h3-6,13-15H,7-12H2,1-2H3. The second-order valence-electron chi connectivity index (χ2n) is 7.00. The molecule has 0 N–H and O–H groups in total. The fourth-order valence-corrected chi connectivity index (χ4v) is 3.47. The molecule has 1 saturated heterocycles. The Labute approximate surface area is 174 Å². The van der Waals surface area contributed by atoms with Gasteiger partial charge in [0.25, 0.3) is 0 Å². The monoisotopic (exact) mass is 411 g/mol. The molecular weight excluding hydrogens is 386 g/mol. The van der Waals surface area contributed by atoms with E-state index >= 15 is 0 Å². The lowest BCUT2D eigenvalue weighted by atomic mass is 10.1. The van der Waals surface area contributed by atoms with Gasteiger partial charge in [-0.05, 0) is 24.3 Å². The highest BCUT2D eigenvalue weighted by molar-refractivity contribution is 5.86. The van der Waals surface area contributed by atoms with E-state index in [2.05, 4.69) is 4.90 Å². The van der Waals surface area contributed by atoms with Gasteiger partial charge in [-0.25, -0.2) is 0 Å². The quantitative estimate of drug-likeness (QED) is 0.591. The number of hydrogen-bond acceptors (Lipinski definition) is 7. The summed E-state index contributed by atoms with van der Waals surface area (Å²) in [5.74, 6) is 2.24. The molecule has 1 aliphatic rings. The molecule has 1 aliphatic heterocycles. The maximum absolute atomic E-state index is 12.9. The molecule has 0 radical (unpaired) electrons. The minimum absolute atomic E-state index is 0.161. The van der Waals surface area contributed by atoms with Crippen LogP contribution in [-0.2, 0) is 4.74 Å². The summed E-state index contributed by atoms with van der Waals surface area (Å²) >= 11 is 0. The molecular formula is C23H25NO6. The number of fused-ring (bicyclic) bond motifs is 1. The Bertz CT molecular complexity index is 1050. The van der Waals surface area contributed by atoms with Crippen molar-refractivity contribution < 1.29 is 23.4 Å². The van der Waals surface area contributed by atoms with E-state index < -0.39 is 0 Å². The molecule has 4 rings (SSSR count). The fraction of sp³-hybridized carbons (Fsp3) is 0.348. The molecule has 0 saturated carbocycles. The Morgan fingerprint density at radius 1 is 0.967 bits per heavy atom. The normalized spacial score (nSPS) is 14.6. The van der Waals surface area contributed by atoms with Gasteiger partial charge in [-0.3, -0.25) is 9.69 Å². The molecule has 3 aromatic rings. The highest BCUT2D eigenvalue weighted by Gasteiger charge is 2.16. The predicted molar refractivity (Wildman–Crippen MR) is 114 cm³/mol. The molecule has 30 heavy (non-hydrogen) atoms. The van der Waals surface area contributed by atoms with Crippen molar-refractivity contribution in [3.8, 4) is 28.6 Å². The van der Waals surface area contributed by atoms with E-state index in [1.165, 1.54) is 6.07 Å². The molecule has 7 nitrogen and oxygen atoms in total. The van der Waals surface area contributed by atoms with Crippen molar-refractivity contribution in [2.75, 3.05) is 53.7 Å². The van der Waals surface area contributed by atoms with Crippen LogP contribution in [0.1, 0.15) is 0 Å². The Hall–Kier alpha value is -3.03. The van der Waals surface area contributed by atoms with Gasteiger partial charge in [-0.2, -0.15) is 0 Å². The fourth-order valence-electron chi connectivity index (χ4n) is 3.47. The van der Waals surface area contributed by atoms with Gasteiger partial charge in [-0.1, -0.05) is 0 Å². The molecule has 0 atom stereocenters. The summed E-state index contributed by atoms with van der Waals surface area (Å²) in [7, 11) is 3.18. The van der Waals surface area contributed by atoms with Gasteiger partial charge in [0.1, 0.15) is 40.6 Å². The molecule has 0 spiro atoms. The van der Waals surface area contributed by atoms with Gasteiger partial charge >= 0.3 is 0 Å². The van der Waals surface area contributed by atoms with Gasteiger partial charge in [-0.15, -0.1) is 0 Å². The van der Waals surface area contributed by atoms with Crippen molar-refractivity contribution in [3.63, 3.8) is 0 Å².